The van der Waals surface area contributed by atoms with Gasteiger partial charge >= 0.3 is 0 Å². The highest BCUT2D eigenvalue weighted by molar-refractivity contribution is 7.93. The molecule has 0 aliphatic heterocycles. The maximum absolute atomic E-state index is 13.8. The van der Waals surface area contributed by atoms with Crippen molar-refractivity contribution in [3.05, 3.63) is 52.0 Å². The number of halogens is 4. The number of anilines is 1. The second-order valence-corrected chi connectivity index (χ2v) is 12.1. The van der Waals surface area contributed by atoms with Gasteiger partial charge in [0.15, 0.2) is 9.84 Å². The average molecular weight is 514 g/mol. The van der Waals surface area contributed by atoms with E-state index in [4.69, 9.17) is 23.2 Å². The minimum atomic E-state index is -4.46. The molecule has 0 saturated heterocycles. The first-order chi connectivity index (χ1) is 14.2. The van der Waals surface area contributed by atoms with Crippen molar-refractivity contribution in [1.29, 1.82) is 0 Å². The van der Waals surface area contributed by atoms with Crippen LogP contribution in [0.2, 0.25) is 10.0 Å². The molecule has 0 amide bonds. The van der Waals surface area contributed by atoms with Crippen LogP contribution in [-0.2, 0) is 25.8 Å². The van der Waals surface area contributed by atoms with Crippen LogP contribution in [0.5, 0.6) is 0 Å². The van der Waals surface area contributed by atoms with Gasteiger partial charge in [-0.05, 0) is 55.7 Å². The van der Waals surface area contributed by atoms with Crippen LogP contribution in [0.25, 0.3) is 0 Å². The molecule has 2 N–H and O–H groups in total. The summed E-state index contributed by atoms with van der Waals surface area (Å²) >= 11 is 11.7. The molecule has 2 atom stereocenters. The van der Waals surface area contributed by atoms with Crippen molar-refractivity contribution in [2.45, 2.75) is 53.3 Å². The summed E-state index contributed by atoms with van der Waals surface area (Å²) < 4.78 is 81.6. The number of sulfone groups is 1. The summed E-state index contributed by atoms with van der Waals surface area (Å²) in [6.45, 7) is 0.579. The van der Waals surface area contributed by atoms with Crippen molar-refractivity contribution in [3.8, 4) is 0 Å². The van der Waals surface area contributed by atoms with E-state index in [9.17, 15) is 30.7 Å². The Morgan fingerprint density at radius 2 is 1.74 bits per heavy atom. The molecular weight excluding hydrogens is 495 g/mol. The first-order valence-corrected chi connectivity index (χ1v) is 12.9. The number of aliphatic hydroxyl groups excluding tert-OH is 1. The number of alkyl halides is 2. The van der Waals surface area contributed by atoms with Crippen LogP contribution in [0, 0.1) is 0 Å². The van der Waals surface area contributed by atoms with Crippen LogP contribution < -0.4 is 4.72 Å². The summed E-state index contributed by atoms with van der Waals surface area (Å²) in [5.74, 6) is -3.39. The molecule has 1 fully saturated rings. The standard InChI is InChI=1S/C19H19Cl2F2NO5S2/c1-19(22,23)15-10-14(5-6-16(15)21)31(28,29)24-17-8-11(20)2-7-18(17)30(26,27)13-4-3-12(25)9-13/h2,5-8,10,12-13,24-25H,3-4,9H2,1H3. The van der Waals surface area contributed by atoms with Gasteiger partial charge in [-0.3, -0.25) is 4.72 Å². The lowest BCUT2D eigenvalue weighted by Gasteiger charge is -2.18. The summed E-state index contributed by atoms with van der Waals surface area (Å²) in [7, 11) is -8.46. The van der Waals surface area contributed by atoms with Crippen molar-refractivity contribution >= 4 is 48.7 Å². The van der Waals surface area contributed by atoms with Gasteiger partial charge < -0.3 is 5.11 Å². The number of aliphatic hydroxyl groups is 1. The van der Waals surface area contributed by atoms with Gasteiger partial charge in [0.05, 0.1) is 26.8 Å². The monoisotopic (exact) mass is 513 g/mol. The Kier molecular flexibility index (Phi) is 6.61. The number of hydrogen-bond acceptors (Lipinski definition) is 5. The summed E-state index contributed by atoms with van der Waals surface area (Å²) in [4.78, 5) is -0.831. The predicted molar refractivity (Wildman–Crippen MR) is 114 cm³/mol. The minimum absolute atomic E-state index is 0.0310. The Hall–Kier alpha value is -1.46. The molecule has 2 aromatic rings. The zero-order valence-electron chi connectivity index (χ0n) is 16.1. The van der Waals surface area contributed by atoms with Crippen molar-refractivity contribution in [1.82, 2.24) is 0 Å². The molecule has 2 unspecified atom stereocenters. The molecule has 12 heteroatoms. The predicted octanol–water partition coefficient (Wildman–Crippen LogP) is 4.59. The van der Waals surface area contributed by atoms with Gasteiger partial charge in [-0.25, -0.2) is 25.6 Å². The highest BCUT2D eigenvalue weighted by Crippen LogP contribution is 2.37. The summed E-state index contributed by atoms with van der Waals surface area (Å²) in [6.07, 6.45) is -0.180. The zero-order chi connectivity index (χ0) is 23.2. The third kappa shape index (κ3) is 5.14. The molecule has 170 valence electrons. The van der Waals surface area contributed by atoms with Crippen molar-refractivity contribution in [2.75, 3.05) is 4.72 Å². The fraction of sp³-hybridized carbons (Fsp3) is 0.368. The Bertz CT molecular complexity index is 1210. The smallest absolute Gasteiger partial charge is 0.272 e. The summed E-state index contributed by atoms with van der Waals surface area (Å²) in [5.41, 5.74) is -0.996. The molecule has 0 heterocycles. The molecule has 1 saturated carbocycles. The molecule has 0 spiro atoms. The highest BCUT2D eigenvalue weighted by Gasteiger charge is 2.36. The Morgan fingerprint density at radius 3 is 2.32 bits per heavy atom. The highest BCUT2D eigenvalue weighted by atomic mass is 35.5. The average Bonchev–Trinajstić information content (AvgIpc) is 3.07. The fourth-order valence-corrected chi connectivity index (χ4v) is 6.99. The molecule has 31 heavy (non-hydrogen) atoms. The van der Waals surface area contributed by atoms with Crippen molar-refractivity contribution in [3.63, 3.8) is 0 Å². The molecule has 3 rings (SSSR count). The van der Waals surface area contributed by atoms with Crippen LogP contribution in [0.4, 0.5) is 14.5 Å². The first kappa shape index (κ1) is 24.2. The summed E-state index contributed by atoms with van der Waals surface area (Å²) in [5, 5.41) is 8.58. The van der Waals surface area contributed by atoms with Crippen LogP contribution in [0.15, 0.2) is 46.2 Å². The topological polar surface area (TPSA) is 101 Å². The molecule has 6 nitrogen and oxygen atoms in total. The lowest BCUT2D eigenvalue weighted by molar-refractivity contribution is 0.0174. The molecule has 0 radical (unpaired) electrons. The number of hydrogen-bond donors (Lipinski definition) is 2. The van der Waals surface area contributed by atoms with Gasteiger partial charge in [0.1, 0.15) is 0 Å². The second-order valence-electron chi connectivity index (χ2n) is 7.41. The van der Waals surface area contributed by atoms with E-state index in [1.54, 1.807) is 0 Å². The number of rotatable bonds is 6. The van der Waals surface area contributed by atoms with Gasteiger partial charge in [0.2, 0.25) is 0 Å². The maximum Gasteiger partial charge on any atom is 0.272 e. The molecule has 2 aromatic carbocycles. The number of benzene rings is 2. The van der Waals surface area contributed by atoms with Gasteiger partial charge in [0.25, 0.3) is 15.9 Å². The van der Waals surface area contributed by atoms with E-state index in [1.165, 1.54) is 12.1 Å². The van der Waals surface area contributed by atoms with Gasteiger partial charge in [-0.1, -0.05) is 23.2 Å². The van der Waals surface area contributed by atoms with E-state index in [0.717, 1.165) is 24.3 Å². The lowest BCUT2D eigenvalue weighted by Crippen LogP contribution is -2.22. The molecule has 1 aliphatic carbocycles. The normalized spacial score (nSPS) is 20.1. The van der Waals surface area contributed by atoms with Crippen LogP contribution in [-0.4, -0.2) is 33.3 Å². The largest absolute Gasteiger partial charge is 0.393 e. The van der Waals surface area contributed by atoms with E-state index >= 15 is 0 Å². The van der Waals surface area contributed by atoms with Crippen LogP contribution in [0.3, 0.4) is 0 Å². The van der Waals surface area contributed by atoms with E-state index in [-0.39, 0.29) is 33.5 Å². The Balaban J connectivity index is 2.04. The zero-order valence-corrected chi connectivity index (χ0v) is 19.3. The van der Waals surface area contributed by atoms with E-state index in [2.05, 4.69) is 4.72 Å². The van der Waals surface area contributed by atoms with E-state index < -0.39 is 47.6 Å². The maximum atomic E-state index is 13.8. The first-order valence-electron chi connectivity index (χ1n) is 9.14. The van der Waals surface area contributed by atoms with Gasteiger partial charge in [-0.2, -0.15) is 0 Å². The lowest BCUT2D eigenvalue weighted by atomic mass is 10.1. The fourth-order valence-electron chi connectivity index (χ4n) is 3.42. The summed E-state index contributed by atoms with van der Waals surface area (Å²) in [6, 6.07) is 6.40. The third-order valence-electron chi connectivity index (χ3n) is 5.01. The van der Waals surface area contributed by atoms with Crippen LogP contribution >= 0.6 is 23.2 Å². The second kappa shape index (κ2) is 8.47. The Labute approximate surface area is 189 Å². The number of nitrogens with one attached hydrogen (secondary N) is 1. The van der Waals surface area contributed by atoms with E-state index in [0.29, 0.717) is 13.3 Å². The molecule has 0 aromatic heterocycles. The number of sulfonamides is 1. The third-order valence-corrected chi connectivity index (χ3v) is 9.21. The minimum Gasteiger partial charge on any atom is -0.393 e. The van der Waals surface area contributed by atoms with Crippen molar-refractivity contribution in [2.24, 2.45) is 0 Å². The molecule has 0 bridgehead atoms. The molecular formula is C19H19Cl2F2NO5S2. The van der Waals surface area contributed by atoms with Crippen LogP contribution in [0.1, 0.15) is 31.7 Å². The Morgan fingerprint density at radius 1 is 1.06 bits per heavy atom. The molecule has 1 aliphatic rings. The van der Waals surface area contributed by atoms with Gasteiger partial charge in [0, 0.05) is 22.5 Å². The van der Waals surface area contributed by atoms with Gasteiger partial charge in [-0.15, -0.1) is 0 Å². The van der Waals surface area contributed by atoms with E-state index in [1.807, 2.05) is 0 Å². The SMILES string of the molecule is CC(F)(F)c1cc(S(=O)(=O)Nc2cc(Cl)ccc2S(=O)(=O)C2CCC(O)C2)ccc1Cl. The quantitative estimate of drug-likeness (QED) is 0.588. The van der Waals surface area contributed by atoms with Crippen molar-refractivity contribution < 1.29 is 30.7 Å².